The second-order valence-electron chi connectivity index (χ2n) is 5.03. The van der Waals surface area contributed by atoms with Gasteiger partial charge in [0.25, 0.3) is 5.56 Å². The summed E-state index contributed by atoms with van der Waals surface area (Å²) >= 11 is 3.28. The molecule has 100 valence electrons. The number of hydrogen-bond acceptors (Lipinski definition) is 5. The molecule has 0 saturated carbocycles. The summed E-state index contributed by atoms with van der Waals surface area (Å²) in [7, 11) is 0. The first-order valence-electron chi connectivity index (χ1n) is 6.60. The fourth-order valence-corrected chi connectivity index (χ4v) is 4.73. The number of aryl methyl sites for hydroxylation is 2. The van der Waals surface area contributed by atoms with Gasteiger partial charge < -0.3 is 9.72 Å². The smallest absolute Gasteiger partial charge is 0.260 e. The van der Waals surface area contributed by atoms with Crippen LogP contribution in [0.2, 0.25) is 0 Å². The maximum absolute atomic E-state index is 12.3. The number of hydrogen-bond donors (Lipinski definition) is 1. The molecule has 4 rings (SSSR count). The number of nitrogens with zero attached hydrogens (tertiary/aromatic N) is 1. The average molecular weight is 294 g/mol. The number of fused-ring (bicyclic) bond motifs is 3. The zero-order valence-corrected chi connectivity index (χ0v) is 12.0. The van der Waals surface area contributed by atoms with Gasteiger partial charge in [-0.15, -0.1) is 11.3 Å². The Hall–Kier alpha value is -0.850. The molecule has 1 atom stereocenters. The summed E-state index contributed by atoms with van der Waals surface area (Å²) in [6.07, 6.45) is 4.91. The molecule has 0 amide bonds. The van der Waals surface area contributed by atoms with E-state index in [2.05, 4.69) is 9.97 Å². The second-order valence-corrected chi connectivity index (χ2v) is 7.12. The lowest BCUT2D eigenvalue weighted by molar-refractivity contribution is 0.426. The highest BCUT2D eigenvalue weighted by molar-refractivity contribution is 7.99. The van der Waals surface area contributed by atoms with Crippen LogP contribution in [0.25, 0.3) is 10.2 Å². The summed E-state index contributed by atoms with van der Waals surface area (Å²) in [5.74, 6) is 0.875. The molecule has 6 heteroatoms. The summed E-state index contributed by atoms with van der Waals surface area (Å²) in [6, 6.07) is 0. The molecule has 19 heavy (non-hydrogen) atoms. The van der Waals surface area contributed by atoms with E-state index in [0.29, 0.717) is 6.10 Å². The average Bonchev–Trinajstić information content (AvgIpc) is 3.15. The summed E-state index contributed by atoms with van der Waals surface area (Å²) < 4.78 is 5.18. The van der Waals surface area contributed by atoms with E-state index in [9.17, 15) is 4.79 Å². The molecule has 1 unspecified atom stereocenters. The Balaban J connectivity index is 1.76. The van der Waals surface area contributed by atoms with E-state index in [0.717, 1.165) is 40.6 Å². The molecule has 0 radical (unpaired) electrons. The quantitative estimate of drug-likeness (QED) is 0.536. The third-order valence-electron chi connectivity index (χ3n) is 3.61. The SMILES string of the molecule is O=c1[nH]c(SCC2CO2)nc2sc3c(c12)CCCC3. The van der Waals surface area contributed by atoms with Crippen LogP contribution in [-0.4, -0.2) is 28.4 Å². The Morgan fingerprint density at radius 2 is 2.26 bits per heavy atom. The van der Waals surface area contributed by atoms with Gasteiger partial charge in [0.15, 0.2) is 5.16 Å². The lowest BCUT2D eigenvalue weighted by Gasteiger charge is -2.09. The number of rotatable bonds is 3. The predicted octanol–water partition coefficient (Wildman–Crippen LogP) is 2.35. The molecule has 1 N–H and O–H groups in total. The molecule has 0 spiro atoms. The molecule has 2 aromatic rings. The van der Waals surface area contributed by atoms with Crippen LogP contribution < -0.4 is 5.56 Å². The van der Waals surface area contributed by atoms with Gasteiger partial charge >= 0.3 is 0 Å². The van der Waals surface area contributed by atoms with Crippen LogP contribution in [0.4, 0.5) is 0 Å². The zero-order chi connectivity index (χ0) is 12.8. The first kappa shape index (κ1) is 11.9. The van der Waals surface area contributed by atoms with Crippen molar-refractivity contribution in [2.45, 2.75) is 36.9 Å². The van der Waals surface area contributed by atoms with Gasteiger partial charge in [-0.25, -0.2) is 4.98 Å². The molecule has 2 aromatic heterocycles. The fraction of sp³-hybridized carbons (Fsp3) is 0.538. The van der Waals surface area contributed by atoms with E-state index in [-0.39, 0.29) is 5.56 Å². The van der Waals surface area contributed by atoms with Crippen LogP contribution in [0.1, 0.15) is 23.3 Å². The van der Waals surface area contributed by atoms with E-state index in [1.54, 1.807) is 23.1 Å². The van der Waals surface area contributed by atoms with Crippen molar-refractivity contribution in [2.24, 2.45) is 0 Å². The summed E-state index contributed by atoms with van der Waals surface area (Å²) in [6.45, 7) is 0.840. The molecule has 0 aromatic carbocycles. The minimum absolute atomic E-state index is 0.0311. The topological polar surface area (TPSA) is 58.3 Å². The number of aromatic amines is 1. The highest BCUT2D eigenvalue weighted by atomic mass is 32.2. The van der Waals surface area contributed by atoms with Crippen LogP contribution in [0, 0.1) is 0 Å². The maximum atomic E-state index is 12.3. The fourth-order valence-electron chi connectivity index (χ4n) is 2.55. The highest BCUT2D eigenvalue weighted by Crippen LogP contribution is 2.34. The molecule has 4 nitrogen and oxygen atoms in total. The van der Waals surface area contributed by atoms with Crippen molar-refractivity contribution in [2.75, 3.05) is 12.4 Å². The van der Waals surface area contributed by atoms with Gasteiger partial charge in [0.1, 0.15) is 4.83 Å². The number of thioether (sulfide) groups is 1. The van der Waals surface area contributed by atoms with Crippen molar-refractivity contribution in [1.29, 1.82) is 0 Å². The Bertz CT molecular complexity index is 688. The van der Waals surface area contributed by atoms with Crippen molar-refractivity contribution < 1.29 is 4.74 Å². The molecule has 2 aliphatic rings. The predicted molar refractivity (Wildman–Crippen MR) is 77.3 cm³/mol. The molecule has 1 aliphatic heterocycles. The summed E-state index contributed by atoms with van der Waals surface area (Å²) in [5, 5.41) is 1.57. The molecule has 1 aliphatic carbocycles. The molecule has 1 fully saturated rings. The number of ether oxygens (including phenoxy) is 1. The lowest BCUT2D eigenvalue weighted by Crippen LogP contribution is -2.11. The van der Waals surface area contributed by atoms with Crippen molar-refractivity contribution in [1.82, 2.24) is 9.97 Å². The summed E-state index contributed by atoms with van der Waals surface area (Å²) in [5.41, 5.74) is 1.28. The van der Waals surface area contributed by atoms with Crippen molar-refractivity contribution in [3.63, 3.8) is 0 Å². The third-order valence-corrected chi connectivity index (χ3v) is 5.80. The first-order valence-corrected chi connectivity index (χ1v) is 8.40. The van der Waals surface area contributed by atoms with Gasteiger partial charge in [-0.1, -0.05) is 11.8 Å². The van der Waals surface area contributed by atoms with Gasteiger partial charge in [-0.2, -0.15) is 0 Å². The minimum atomic E-state index is 0.0311. The van der Waals surface area contributed by atoms with E-state index < -0.39 is 0 Å². The van der Waals surface area contributed by atoms with E-state index in [1.807, 2.05) is 0 Å². The number of aromatic nitrogens is 2. The number of nitrogens with one attached hydrogen (secondary N) is 1. The van der Waals surface area contributed by atoms with Crippen LogP contribution in [0.3, 0.4) is 0 Å². The number of epoxide rings is 1. The van der Waals surface area contributed by atoms with Gasteiger partial charge in [-0.3, -0.25) is 4.79 Å². The molecule has 0 bridgehead atoms. The monoisotopic (exact) mass is 294 g/mol. The standard InChI is InChI=1S/C13H14N2O2S2/c16-11-10-8-3-1-2-4-9(8)19-12(10)15-13(14-11)18-6-7-5-17-7/h7H,1-6H2,(H,14,15,16). The highest BCUT2D eigenvalue weighted by Gasteiger charge is 2.24. The van der Waals surface area contributed by atoms with Crippen LogP contribution in [0.15, 0.2) is 9.95 Å². The Kier molecular flexibility index (Phi) is 2.90. The van der Waals surface area contributed by atoms with E-state index in [1.165, 1.54) is 23.3 Å². The Morgan fingerprint density at radius 1 is 1.42 bits per heavy atom. The number of thiophene rings is 1. The van der Waals surface area contributed by atoms with Crippen molar-refractivity contribution in [3.05, 3.63) is 20.8 Å². The minimum Gasteiger partial charge on any atom is -0.372 e. The molecular formula is C13H14N2O2S2. The normalized spacial score (nSPS) is 21.6. The van der Waals surface area contributed by atoms with Crippen LogP contribution >= 0.6 is 23.1 Å². The van der Waals surface area contributed by atoms with Gasteiger partial charge in [0, 0.05) is 10.6 Å². The third kappa shape index (κ3) is 2.22. The molecular weight excluding hydrogens is 280 g/mol. The lowest BCUT2D eigenvalue weighted by atomic mass is 9.97. The van der Waals surface area contributed by atoms with E-state index in [4.69, 9.17) is 4.74 Å². The van der Waals surface area contributed by atoms with Crippen molar-refractivity contribution in [3.8, 4) is 0 Å². The van der Waals surface area contributed by atoms with Gasteiger partial charge in [0.2, 0.25) is 0 Å². The first-order chi connectivity index (χ1) is 9.31. The van der Waals surface area contributed by atoms with Gasteiger partial charge in [-0.05, 0) is 31.2 Å². The van der Waals surface area contributed by atoms with Gasteiger partial charge in [0.05, 0.1) is 18.1 Å². The zero-order valence-electron chi connectivity index (χ0n) is 10.4. The van der Waals surface area contributed by atoms with Crippen LogP contribution in [0.5, 0.6) is 0 Å². The summed E-state index contributed by atoms with van der Waals surface area (Å²) in [4.78, 5) is 22.1. The van der Waals surface area contributed by atoms with Crippen molar-refractivity contribution >= 4 is 33.3 Å². The molecule has 1 saturated heterocycles. The molecule has 3 heterocycles. The maximum Gasteiger partial charge on any atom is 0.260 e. The Morgan fingerprint density at radius 3 is 3.11 bits per heavy atom. The van der Waals surface area contributed by atoms with Crippen LogP contribution in [-0.2, 0) is 17.6 Å². The Labute approximate surface area is 118 Å². The largest absolute Gasteiger partial charge is 0.372 e. The van der Waals surface area contributed by atoms with E-state index >= 15 is 0 Å². The number of H-pyrrole nitrogens is 1. The second kappa shape index (κ2) is 4.61.